The van der Waals surface area contributed by atoms with Crippen molar-refractivity contribution in [2.24, 2.45) is 0 Å². The molecule has 0 aliphatic rings. The molecule has 0 N–H and O–H groups in total. The molecule has 0 aromatic heterocycles. The van der Waals surface area contributed by atoms with Crippen LogP contribution in [-0.2, 0) is 0 Å². The van der Waals surface area contributed by atoms with Crippen LogP contribution in [0, 0.1) is 6.92 Å². The lowest BCUT2D eigenvalue weighted by Crippen LogP contribution is -2.10. The Morgan fingerprint density at radius 3 is 1.12 bits per heavy atom. The van der Waals surface area contributed by atoms with Crippen molar-refractivity contribution in [2.75, 3.05) is 4.90 Å². The maximum absolute atomic E-state index is 2.40. The van der Waals surface area contributed by atoms with Gasteiger partial charge in [0.15, 0.2) is 0 Å². The first-order valence-electron chi connectivity index (χ1n) is 17.3. The van der Waals surface area contributed by atoms with Crippen LogP contribution in [0.5, 0.6) is 0 Å². The summed E-state index contributed by atoms with van der Waals surface area (Å²) in [7, 11) is 0. The minimum Gasteiger partial charge on any atom is -0.310 e. The summed E-state index contributed by atoms with van der Waals surface area (Å²) in [6.45, 7) is 2.13. The molecule has 10 aromatic rings. The van der Waals surface area contributed by atoms with Crippen molar-refractivity contribution in [1.29, 1.82) is 0 Å². The zero-order valence-corrected chi connectivity index (χ0v) is 27.8. The van der Waals surface area contributed by atoms with Gasteiger partial charge >= 0.3 is 0 Å². The number of hydrogen-bond acceptors (Lipinski definition) is 1. The topological polar surface area (TPSA) is 3.24 Å². The van der Waals surface area contributed by atoms with Crippen molar-refractivity contribution in [3.63, 3.8) is 0 Å². The summed E-state index contributed by atoms with van der Waals surface area (Å²) in [4.78, 5) is 2.40. The Morgan fingerprint density at radius 1 is 0.280 bits per heavy atom. The fraction of sp³-hybridized carbons (Fsp3) is 0.0204. The standard InChI is InChI=1S/C49H33N/c1-32-10-12-33(13-11-32)34-14-20-39(21-15-34)50(40-22-28-44-37(30-40)18-26-46-42-8-4-2-6-35(42)16-24-48(44)46)41-23-29-45-38(31-41)19-27-47-43-9-5-3-7-36(43)17-25-49(45)47/h2-31H,1H3. The van der Waals surface area contributed by atoms with Gasteiger partial charge in [-0.15, -0.1) is 0 Å². The lowest BCUT2D eigenvalue weighted by Gasteiger charge is -2.27. The van der Waals surface area contributed by atoms with Gasteiger partial charge in [-0.25, -0.2) is 0 Å². The van der Waals surface area contributed by atoms with E-state index in [0.29, 0.717) is 0 Å². The summed E-state index contributed by atoms with van der Waals surface area (Å²) in [6.07, 6.45) is 0. The minimum absolute atomic E-state index is 1.12. The van der Waals surface area contributed by atoms with E-state index in [-0.39, 0.29) is 0 Å². The third-order valence-corrected chi connectivity index (χ3v) is 10.5. The molecule has 0 atom stereocenters. The molecule has 0 aliphatic carbocycles. The number of rotatable bonds is 4. The molecule has 10 rings (SSSR count). The first kappa shape index (κ1) is 28.6. The second-order valence-corrected chi connectivity index (χ2v) is 13.5. The Balaban J connectivity index is 1.14. The van der Waals surface area contributed by atoms with E-state index >= 15 is 0 Å². The highest BCUT2D eigenvalue weighted by Gasteiger charge is 2.16. The lowest BCUT2D eigenvalue weighted by atomic mass is 9.96. The van der Waals surface area contributed by atoms with Gasteiger partial charge in [-0.2, -0.15) is 0 Å². The maximum atomic E-state index is 2.40. The SMILES string of the molecule is Cc1ccc(-c2ccc(N(c3ccc4c(ccc5c6ccccc6ccc45)c3)c3ccc4c(ccc5c6ccccc6ccc45)c3)cc2)cc1. The fourth-order valence-corrected chi connectivity index (χ4v) is 7.91. The largest absolute Gasteiger partial charge is 0.310 e. The summed E-state index contributed by atoms with van der Waals surface area (Å²) in [5.74, 6) is 0. The van der Waals surface area contributed by atoms with E-state index in [2.05, 4.69) is 194 Å². The van der Waals surface area contributed by atoms with E-state index < -0.39 is 0 Å². The van der Waals surface area contributed by atoms with Crippen LogP contribution >= 0.6 is 0 Å². The Bertz CT molecular complexity index is 2760. The number of aryl methyl sites for hydroxylation is 1. The van der Waals surface area contributed by atoms with Crippen molar-refractivity contribution in [1.82, 2.24) is 0 Å². The molecule has 0 aliphatic heterocycles. The Morgan fingerprint density at radius 2 is 0.640 bits per heavy atom. The van der Waals surface area contributed by atoms with Crippen molar-refractivity contribution in [3.05, 3.63) is 188 Å². The van der Waals surface area contributed by atoms with Gasteiger partial charge in [-0.1, -0.05) is 151 Å². The average Bonchev–Trinajstić information content (AvgIpc) is 3.18. The highest BCUT2D eigenvalue weighted by atomic mass is 15.1. The number of benzene rings is 10. The van der Waals surface area contributed by atoms with E-state index in [0.717, 1.165) is 17.1 Å². The van der Waals surface area contributed by atoms with Crippen LogP contribution in [0.3, 0.4) is 0 Å². The number of hydrogen-bond donors (Lipinski definition) is 0. The second-order valence-electron chi connectivity index (χ2n) is 13.5. The van der Waals surface area contributed by atoms with Gasteiger partial charge in [-0.05, 0) is 119 Å². The molecule has 0 saturated heterocycles. The lowest BCUT2D eigenvalue weighted by molar-refractivity contribution is 1.29. The number of anilines is 3. The van der Waals surface area contributed by atoms with Crippen molar-refractivity contribution < 1.29 is 0 Å². The highest BCUT2D eigenvalue weighted by Crippen LogP contribution is 2.41. The van der Waals surface area contributed by atoms with Crippen molar-refractivity contribution in [2.45, 2.75) is 6.92 Å². The predicted molar refractivity (Wildman–Crippen MR) is 216 cm³/mol. The van der Waals surface area contributed by atoms with E-state index in [4.69, 9.17) is 0 Å². The first-order chi connectivity index (χ1) is 24.7. The molecule has 0 amide bonds. The normalized spacial score (nSPS) is 11.7. The molecule has 0 spiro atoms. The van der Waals surface area contributed by atoms with Gasteiger partial charge < -0.3 is 4.90 Å². The van der Waals surface area contributed by atoms with Gasteiger partial charge in [0, 0.05) is 17.1 Å². The third kappa shape index (κ3) is 4.63. The molecular formula is C49H33N. The smallest absolute Gasteiger partial charge is 0.0468 e. The minimum atomic E-state index is 1.12. The quantitative estimate of drug-likeness (QED) is 0.174. The Hall–Kier alpha value is -6.44. The molecule has 1 heteroatoms. The second kappa shape index (κ2) is 11.3. The molecule has 0 heterocycles. The number of nitrogens with zero attached hydrogens (tertiary/aromatic N) is 1. The van der Waals surface area contributed by atoms with Crippen LogP contribution in [0.2, 0.25) is 0 Å². The van der Waals surface area contributed by atoms with Crippen LogP contribution in [-0.4, -0.2) is 0 Å². The van der Waals surface area contributed by atoms with Crippen molar-refractivity contribution in [3.8, 4) is 11.1 Å². The molecule has 0 fully saturated rings. The van der Waals surface area contributed by atoms with Gasteiger partial charge in [-0.3, -0.25) is 0 Å². The van der Waals surface area contributed by atoms with Gasteiger partial charge in [0.05, 0.1) is 0 Å². The van der Waals surface area contributed by atoms with Crippen LogP contribution in [0.1, 0.15) is 5.56 Å². The summed E-state index contributed by atoms with van der Waals surface area (Å²) in [5.41, 5.74) is 7.09. The van der Waals surface area contributed by atoms with Gasteiger partial charge in [0.25, 0.3) is 0 Å². The zero-order valence-electron chi connectivity index (χ0n) is 27.8. The van der Waals surface area contributed by atoms with E-state index in [1.165, 1.54) is 81.3 Å². The molecule has 50 heavy (non-hydrogen) atoms. The predicted octanol–water partition coefficient (Wildman–Crippen LogP) is 14.1. The molecule has 1 nitrogen and oxygen atoms in total. The Kier molecular flexibility index (Phi) is 6.47. The van der Waals surface area contributed by atoms with Gasteiger partial charge in [0.1, 0.15) is 0 Å². The molecule has 0 bridgehead atoms. The molecule has 0 saturated carbocycles. The average molecular weight is 636 g/mol. The van der Waals surface area contributed by atoms with Crippen LogP contribution in [0.4, 0.5) is 17.1 Å². The molecule has 10 aromatic carbocycles. The summed E-state index contributed by atoms with van der Waals surface area (Å²) in [5, 5.41) is 15.3. The molecule has 0 unspecified atom stereocenters. The van der Waals surface area contributed by atoms with Crippen LogP contribution in [0.15, 0.2) is 182 Å². The highest BCUT2D eigenvalue weighted by molar-refractivity contribution is 6.19. The van der Waals surface area contributed by atoms with Crippen molar-refractivity contribution >= 4 is 81.7 Å². The summed E-state index contributed by atoms with van der Waals surface area (Å²) < 4.78 is 0. The van der Waals surface area contributed by atoms with Crippen LogP contribution in [0.25, 0.3) is 75.8 Å². The summed E-state index contributed by atoms with van der Waals surface area (Å²) >= 11 is 0. The van der Waals surface area contributed by atoms with E-state index in [9.17, 15) is 0 Å². The molecular weight excluding hydrogens is 603 g/mol. The molecule has 234 valence electrons. The van der Waals surface area contributed by atoms with Crippen LogP contribution < -0.4 is 4.90 Å². The van der Waals surface area contributed by atoms with E-state index in [1.54, 1.807) is 0 Å². The van der Waals surface area contributed by atoms with E-state index in [1.807, 2.05) is 0 Å². The van der Waals surface area contributed by atoms with Gasteiger partial charge in [0.2, 0.25) is 0 Å². The summed E-state index contributed by atoms with van der Waals surface area (Å²) in [6, 6.07) is 67.1. The monoisotopic (exact) mass is 635 g/mol. The third-order valence-electron chi connectivity index (χ3n) is 10.5. The maximum Gasteiger partial charge on any atom is 0.0468 e. The Labute approximate surface area is 291 Å². The molecule has 0 radical (unpaired) electrons. The zero-order chi connectivity index (χ0) is 33.2. The first-order valence-corrected chi connectivity index (χ1v) is 17.3. The number of fused-ring (bicyclic) bond motifs is 10. The fourth-order valence-electron chi connectivity index (χ4n) is 7.91.